The molecule has 5 rings (SSSR count). The van der Waals surface area contributed by atoms with Gasteiger partial charge in [-0.05, 0) is 60.3 Å². The van der Waals surface area contributed by atoms with Crippen molar-refractivity contribution >= 4 is 74.5 Å². The summed E-state index contributed by atoms with van der Waals surface area (Å²) in [6, 6.07) is 22.2. The summed E-state index contributed by atoms with van der Waals surface area (Å²) in [6.07, 6.45) is 1.80. The Bertz CT molecular complexity index is 1430. The summed E-state index contributed by atoms with van der Waals surface area (Å²) >= 11 is 13.6. The second kappa shape index (κ2) is 8.47. The zero-order valence-electron chi connectivity index (χ0n) is 16.9. The summed E-state index contributed by atoms with van der Waals surface area (Å²) in [5.41, 5.74) is 3.17. The van der Waals surface area contributed by atoms with Gasteiger partial charge in [-0.2, -0.15) is 0 Å². The number of amidine groups is 1. The molecule has 0 atom stereocenters. The van der Waals surface area contributed by atoms with Gasteiger partial charge in [-0.3, -0.25) is 9.69 Å². The third-order valence-corrected chi connectivity index (χ3v) is 6.43. The van der Waals surface area contributed by atoms with E-state index in [9.17, 15) is 4.79 Å². The number of imidazole rings is 1. The van der Waals surface area contributed by atoms with Crippen LogP contribution in [-0.2, 0) is 11.8 Å². The monoisotopic (exact) mass is 478 g/mol. The van der Waals surface area contributed by atoms with Crippen LogP contribution in [0, 0.1) is 0 Å². The van der Waals surface area contributed by atoms with Gasteiger partial charge in [0.05, 0.1) is 27.3 Å². The first-order valence-electron chi connectivity index (χ1n) is 9.75. The molecule has 1 aliphatic heterocycles. The first-order valence-corrected chi connectivity index (χ1v) is 11.3. The Hall–Kier alpha value is -3.06. The van der Waals surface area contributed by atoms with Crippen molar-refractivity contribution in [3.63, 3.8) is 0 Å². The number of aliphatic imine (C=N–C) groups is 1. The van der Waals surface area contributed by atoms with E-state index in [0.29, 0.717) is 37.3 Å². The summed E-state index contributed by atoms with van der Waals surface area (Å²) in [5.74, 6) is 0.502. The molecule has 8 heteroatoms. The molecular formula is C24H16Cl2N4OS. The van der Waals surface area contributed by atoms with Gasteiger partial charge in [-0.1, -0.05) is 47.5 Å². The van der Waals surface area contributed by atoms with E-state index < -0.39 is 0 Å². The molecule has 1 fully saturated rings. The number of amides is 1. The Morgan fingerprint density at radius 2 is 1.72 bits per heavy atom. The van der Waals surface area contributed by atoms with Crippen molar-refractivity contribution in [1.82, 2.24) is 9.55 Å². The lowest BCUT2D eigenvalue weighted by Gasteiger charge is -2.16. The van der Waals surface area contributed by atoms with Crippen molar-refractivity contribution in [2.75, 3.05) is 4.90 Å². The predicted molar refractivity (Wildman–Crippen MR) is 134 cm³/mol. The van der Waals surface area contributed by atoms with Crippen LogP contribution in [0.5, 0.6) is 0 Å². The number of hydrogen-bond donors (Lipinski definition) is 0. The number of carbonyl (C=O) groups is 1. The quantitative estimate of drug-likeness (QED) is 0.308. The number of thioether (sulfide) groups is 1. The lowest BCUT2D eigenvalue weighted by molar-refractivity contribution is -0.113. The number of fused-ring (bicyclic) bond motifs is 1. The van der Waals surface area contributed by atoms with E-state index in [1.165, 1.54) is 11.8 Å². The van der Waals surface area contributed by atoms with Crippen LogP contribution in [0.2, 0.25) is 10.0 Å². The molecule has 1 aromatic heterocycles. The molecule has 0 radical (unpaired) electrons. The molecule has 0 N–H and O–H groups in total. The van der Waals surface area contributed by atoms with Crippen molar-refractivity contribution in [2.24, 2.45) is 12.0 Å². The van der Waals surface area contributed by atoms with Crippen LogP contribution in [-0.4, -0.2) is 20.6 Å². The fraction of sp³-hybridized carbons (Fsp3) is 0.0417. The average Bonchev–Trinajstić information content (AvgIpc) is 3.25. The van der Waals surface area contributed by atoms with E-state index in [4.69, 9.17) is 28.2 Å². The number of hydrogen-bond acceptors (Lipinski definition) is 4. The lowest BCUT2D eigenvalue weighted by atomic mass is 10.3. The number of nitrogens with zero attached hydrogens (tertiary/aromatic N) is 4. The highest BCUT2D eigenvalue weighted by molar-refractivity contribution is 8.19. The molecule has 1 saturated heterocycles. The third-order valence-electron chi connectivity index (χ3n) is 4.99. The number of halogens is 2. The molecule has 0 spiro atoms. The van der Waals surface area contributed by atoms with Gasteiger partial charge in [0.1, 0.15) is 5.82 Å². The Labute approximate surface area is 199 Å². The highest BCUT2D eigenvalue weighted by atomic mass is 35.5. The van der Waals surface area contributed by atoms with Crippen LogP contribution >= 0.6 is 35.0 Å². The highest BCUT2D eigenvalue weighted by Gasteiger charge is 2.35. The molecule has 32 heavy (non-hydrogen) atoms. The lowest BCUT2D eigenvalue weighted by Crippen LogP contribution is -2.28. The number of aromatic nitrogens is 2. The van der Waals surface area contributed by atoms with E-state index in [2.05, 4.69) is 4.98 Å². The zero-order chi connectivity index (χ0) is 22.2. The molecule has 0 saturated carbocycles. The van der Waals surface area contributed by atoms with E-state index in [0.717, 1.165) is 11.0 Å². The van der Waals surface area contributed by atoms with Gasteiger partial charge in [-0.25, -0.2) is 9.98 Å². The van der Waals surface area contributed by atoms with Gasteiger partial charge < -0.3 is 4.57 Å². The van der Waals surface area contributed by atoms with Crippen molar-refractivity contribution in [1.29, 1.82) is 0 Å². The minimum Gasteiger partial charge on any atom is -0.328 e. The molecule has 0 aliphatic carbocycles. The number of benzene rings is 3. The molecule has 1 amide bonds. The van der Waals surface area contributed by atoms with Gasteiger partial charge in [0.2, 0.25) is 0 Å². The number of rotatable bonds is 3. The SMILES string of the molecule is Cn1c(C=C2SC(=Nc3cccc(Cl)c3)N(c3cccc(Cl)c3)C2=O)nc2ccccc21. The predicted octanol–water partition coefficient (Wildman–Crippen LogP) is 6.69. The van der Waals surface area contributed by atoms with Gasteiger partial charge >= 0.3 is 0 Å². The Morgan fingerprint density at radius 3 is 2.47 bits per heavy atom. The van der Waals surface area contributed by atoms with Crippen molar-refractivity contribution in [3.8, 4) is 0 Å². The Balaban J connectivity index is 1.61. The van der Waals surface area contributed by atoms with Crippen LogP contribution in [0.4, 0.5) is 11.4 Å². The first-order chi connectivity index (χ1) is 15.5. The van der Waals surface area contributed by atoms with Crippen LogP contribution in [0.3, 0.4) is 0 Å². The van der Waals surface area contributed by atoms with E-state index >= 15 is 0 Å². The molecule has 3 aromatic carbocycles. The number of aryl methyl sites for hydroxylation is 1. The second-order valence-corrected chi connectivity index (χ2v) is 9.01. The smallest absolute Gasteiger partial charge is 0.271 e. The molecule has 5 nitrogen and oxygen atoms in total. The maximum absolute atomic E-state index is 13.5. The van der Waals surface area contributed by atoms with E-state index in [1.807, 2.05) is 54.1 Å². The average molecular weight is 479 g/mol. The zero-order valence-corrected chi connectivity index (χ0v) is 19.2. The van der Waals surface area contributed by atoms with Crippen molar-refractivity contribution in [2.45, 2.75) is 0 Å². The summed E-state index contributed by atoms with van der Waals surface area (Å²) in [4.78, 5) is 24.9. The van der Waals surface area contributed by atoms with Crippen LogP contribution in [0.1, 0.15) is 5.82 Å². The molecule has 1 aliphatic rings. The van der Waals surface area contributed by atoms with Crippen molar-refractivity contribution in [3.05, 3.63) is 93.6 Å². The summed E-state index contributed by atoms with van der Waals surface area (Å²) < 4.78 is 1.96. The normalized spacial score (nSPS) is 16.6. The number of para-hydroxylation sites is 2. The molecular weight excluding hydrogens is 463 g/mol. The largest absolute Gasteiger partial charge is 0.328 e. The highest BCUT2D eigenvalue weighted by Crippen LogP contribution is 2.38. The van der Waals surface area contributed by atoms with Crippen LogP contribution in [0.15, 0.2) is 82.7 Å². The van der Waals surface area contributed by atoms with Crippen LogP contribution in [0.25, 0.3) is 17.1 Å². The number of carbonyl (C=O) groups excluding carboxylic acids is 1. The fourth-order valence-electron chi connectivity index (χ4n) is 3.46. The molecule has 0 unspecified atom stereocenters. The van der Waals surface area contributed by atoms with Crippen molar-refractivity contribution < 1.29 is 4.79 Å². The van der Waals surface area contributed by atoms with E-state index in [-0.39, 0.29) is 5.91 Å². The standard InChI is InChI=1S/C24H16Cl2N4OS/c1-29-20-11-3-2-10-19(20)28-22(29)14-21-23(31)30(18-9-5-7-16(26)13-18)24(32-21)27-17-8-4-6-15(25)12-17/h2-14H,1H3. The Morgan fingerprint density at radius 1 is 0.969 bits per heavy atom. The van der Waals surface area contributed by atoms with Crippen LogP contribution < -0.4 is 4.90 Å². The summed E-state index contributed by atoms with van der Waals surface area (Å²) in [7, 11) is 1.93. The Kier molecular flexibility index (Phi) is 5.51. The summed E-state index contributed by atoms with van der Waals surface area (Å²) in [5, 5.41) is 1.63. The maximum Gasteiger partial charge on any atom is 0.271 e. The summed E-state index contributed by atoms with van der Waals surface area (Å²) in [6.45, 7) is 0. The van der Waals surface area contributed by atoms with E-state index in [1.54, 1.807) is 41.3 Å². The fourth-order valence-corrected chi connectivity index (χ4v) is 4.80. The topological polar surface area (TPSA) is 50.5 Å². The number of anilines is 1. The first kappa shape index (κ1) is 20.8. The van der Waals surface area contributed by atoms with Gasteiger partial charge in [0.25, 0.3) is 5.91 Å². The minimum absolute atomic E-state index is 0.190. The van der Waals surface area contributed by atoms with Gasteiger partial charge in [-0.15, -0.1) is 0 Å². The molecule has 158 valence electrons. The van der Waals surface area contributed by atoms with Gasteiger partial charge in [0, 0.05) is 23.2 Å². The maximum atomic E-state index is 13.5. The third kappa shape index (κ3) is 3.93. The van der Waals surface area contributed by atoms with Gasteiger partial charge in [0.15, 0.2) is 5.17 Å². The molecule has 4 aromatic rings. The molecule has 2 heterocycles. The molecule has 0 bridgehead atoms. The second-order valence-electron chi connectivity index (χ2n) is 7.12. The minimum atomic E-state index is -0.190.